The van der Waals surface area contributed by atoms with Crippen LogP contribution in [0.3, 0.4) is 0 Å². The predicted octanol–water partition coefficient (Wildman–Crippen LogP) is 2.07. The zero-order valence-electron chi connectivity index (χ0n) is 8.03. The minimum Gasteiger partial charge on any atom is -0.497 e. The number of hydrogen-bond donors (Lipinski definition) is 0. The van der Waals surface area contributed by atoms with Gasteiger partial charge in [-0.3, -0.25) is 4.79 Å². The molecule has 1 aliphatic rings. The summed E-state index contributed by atoms with van der Waals surface area (Å²) in [6, 6.07) is 7.63. The average Bonchev–Trinajstić information content (AvgIpc) is 2.65. The lowest BCUT2D eigenvalue weighted by Gasteiger charge is -2.10. The van der Waals surface area contributed by atoms with E-state index in [0.717, 1.165) is 17.7 Å². The van der Waals surface area contributed by atoms with Gasteiger partial charge in [-0.2, -0.15) is 0 Å². The van der Waals surface area contributed by atoms with Crippen LogP contribution in [0.25, 0.3) is 0 Å². The van der Waals surface area contributed by atoms with Gasteiger partial charge < -0.3 is 9.47 Å². The first-order valence-corrected chi connectivity index (χ1v) is 4.63. The Balaban J connectivity index is 2.19. The van der Waals surface area contributed by atoms with Crippen LogP contribution >= 0.6 is 0 Å². The first-order valence-electron chi connectivity index (χ1n) is 4.63. The van der Waals surface area contributed by atoms with Gasteiger partial charge in [0, 0.05) is 6.42 Å². The minimum atomic E-state index is -0.113. The van der Waals surface area contributed by atoms with Gasteiger partial charge in [-0.05, 0) is 24.1 Å². The van der Waals surface area contributed by atoms with E-state index in [1.54, 1.807) is 7.11 Å². The van der Waals surface area contributed by atoms with E-state index in [2.05, 4.69) is 0 Å². The maximum Gasteiger partial charge on any atom is 0.306 e. The fraction of sp³-hybridized carbons (Fsp3) is 0.364. The van der Waals surface area contributed by atoms with Crippen LogP contribution in [0.5, 0.6) is 5.75 Å². The van der Waals surface area contributed by atoms with Crippen molar-refractivity contribution in [2.75, 3.05) is 7.11 Å². The van der Waals surface area contributed by atoms with Crippen LogP contribution in [0, 0.1) is 0 Å². The zero-order chi connectivity index (χ0) is 9.97. The molecule has 1 aliphatic heterocycles. The average molecular weight is 192 g/mol. The SMILES string of the molecule is COc1cccc(C2CCC(=O)O2)c1. The first-order chi connectivity index (χ1) is 6.79. The highest BCUT2D eigenvalue weighted by Gasteiger charge is 2.24. The first kappa shape index (κ1) is 9.06. The standard InChI is InChI=1S/C11H12O3/c1-13-9-4-2-3-8(7-9)10-5-6-11(12)14-10/h2-4,7,10H,5-6H2,1H3. The molecule has 0 spiro atoms. The molecule has 0 radical (unpaired) electrons. The fourth-order valence-electron chi connectivity index (χ4n) is 1.60. The smallest absolute Gasteiger partial charge is 0.306 e. The number of carbonyl (C=O) groups excluding carboxylic acids is 1. The third-order valence-corrected chi connectivity index (χ3v) is 2.35. The number of methoxy groups -OCH3 is 1. The van der Waals surface area contributed by atoms with Crippen molar-refractivity contribution >= 4 is 5.97 Å². The molecule has 0 N–H and O–H groups in total. The Bertz CT molecular complexity index is 346. The van der Waals surface area contributed by atoms with Gasteiger partial charge in [0.05, 0.1) is 7.11 Å². The quantitative estimate of drug-likeness (QED) is 0.673. The van der Waals surface area contributed by atoms with Gasteiger partial charge in [0.1, 0.15) is 11.9 Å². The van der Waals surface area contributed by atoms with Crippen LogP contribution in [-0.2, 0) is 9.53 Å². The van der Waals surface area contributed by atoms with Crippen molar-refractivity contribution in [2.24, 2.45) is 0 Å². The lowest BCUT2D eigenvalue weighted by Crippen LogP contribution is -1.98. The van der Waals surface area contributed by atoms with E-state index in [-0.39, 0.29) is 12.1 Å². The molecule has 1 atom stereocenters. The van der Waals surface area contributed by atoms with Crippen molar-refractivity contribution in [2.45, 2.75) is 18.9 Å². The summed E-state index contributed by atoms with van der Waals surface area (Å²) in [4.78, 5) is 10.9. The van der Waals surface area contributed by atoms with Gasteiger partial charge in [0.25, 0.3) is 0 Å². The van der Waals surface area contributed by atoms with E-state index in [1.807, 2.05) is 24.3 Å². The molecule has 74 valence electrons. The Hall–Kier alpha value is -1.51. The Morgan fingerprint density at radius 3 is 3.00 bits per heavy atom. The van der Waals surface area contributed by atoms with Crippen LogP contribution in [0.4, 0.5) is 0 Å². The molecule has 3 heteroatoms. The fourth-order valence-corrected chi connectivity index (χ4v) is 1.60. The van der Waals surface area contributed by atoms with E-state index in [1.165, 1.54) is 0 Å². The largest absolute Gasteiger partial charge is 0.497 e. The monoisotopic (exact) mass is 192 g/mol. The molecule has 1 heterocycles. The Kier molecular flexibility index (Phi) is 2.39. The Morgan fingerprint density at radius 2 is 2.36 bits per heavy atom. The van der Waals surface area contributed by atoms with Gasteiger partial charge in [0.2, 0.25) is 0 Å². The summed E-state index contributed by atoms with van der Waals surface area (Å²) in [6.07, 6.45) is 1.20. The van der Waals surface area contributed by atoms with Gasteiger partial charge in [-0.1, -0.05) is 12.1 Å². The predicted molar refractivity (Wildman–Crippen MR) is 51.1 cm³/mol. The number of cyclic esters (lactones) is 1. The van der Waals surface area contributed by atoms with Crippen molar-refractivity contribution in [3.63, 3.8) is 0 Å². The van der Waals surface area contributed by atoms with Crippen molar-refractivity contribution < 1.29 is 14.3 Å². The molecule has 0 amide bonds. The summed E-state index contributed by atoms with van der Waals surface area (Å²) < 4.78 is 10.3. The van der Waals surface area contributed by atoms with E-state index >= 15 is 0 Å². The molecular formula is C11H12O3. The summed E-state index contributed by atoms with van der Waals surface area (Å²) in [5.74, 6) is 0.684. The maximum absolute atomic E-state index is 10.9. The highest BCUT2D eigenvalue weighted by Crippen LogP contribution is 2.30. The van der Waals surface area contributed by atoms with Crippen LogP contribution in [0.1, 0.15) is 24.5 Å². The number of carbonyl (C=O) groups is 1. The van der Waals surface area contributed by atoms with Crippen LogP contribution in [-0.4, -0.2) is 13.1 Å². The van der Waals surface area contributed by atoms with Crippen LogP contribution in [0.2, 0.25) is 0 Å². The third-order valence-electron chi connectivity index (χ3n) is 2.35. The summed E-state index contributed by atoms with van der Waals surface area (Å²) in [5, 5.41) is 0. The summed E-state index contributed by atoms with van der Waals surface area (Å²) in [5.41, 5.74) is 1.01. The second-order valence-corrected chi connectivity index (χ2v) is 3.29. The number of rotatable bonds is 2. The summed E-state index contributed by atoms with van der Waals surface area (Å²) in [6.45, 7) is 0. The Labute approximate surface area is 82.6 Å². The molecule has 14 heavy (non-hydrogen) atoms. The molecule has 1 unspecified atom stereocenters. The van der Waals surface area contributed by atoms with E-state index in [0.29, 0.717) is 6.42 Å². The lowest BCUT2D eigenvalue weighted by atomic mass is 10.1. The zero-order valence-corrected chi connectivity index (χ0v) is 8.03. The van der Waals surface area contributed by atoms with Crippen molar-refractivity contribution in [3.8, 4) is 5.75 Å². The molecule has 0 aliphatic carbocycles. The molecule has 2 rings (SSSR count). The highest BCUT2D eigenvalue weighted by molar-refractivity contribution is 5.71. The highest BCUT2D eigenvalue weighted by atomic mass is 16.5. The minimum absolute atomic E-state index is 0.0856. The molecule has 0 bridgehead atoms. The topological polar surface area (TPSA) is 35.5 Å². The number of ether oxygens (including phenoxy) is 2. The van der Waals surface area contributed by atoms with Crippen molar-refractivity contribution in [1.82, 2.24) is 0 Å². The van der Waals surface area contributed by atoms with Crippen LogP contribution in [0.15, 0.2) is 24.3 Å². The van der Waals surface area contributed by atoms with E-state index in [9.17, 15) is 4.79 Å². The molecule has 1 saturated heterocycles. The van der Waals surface area contributed by atoms with Gasteiger partial charge in [-0.25, -0.2) is 0 Å². The normalized spacial score (nSPS) is 20.6. The summed E-state index contributed by atoms with van der Waals surface area (Å²) in [7, 11) is 1.62. The molecule has 1 aromatic carbocycles. The Morgan fingerprint density at radius 1 is 1.50 bits per heavy atom. The molecule has 0 saturated carbocycles. The van der Waals surface area contributed by atoms with E-state index in [4.69, 9.17) is 9.47 Å². The second kappa shape index (κ2) is 3.70. The number of benzene rings is 1. The van der Waals surface area contributed by atoms with Crippen molar-refractivity contribution in [3.05, 3.63) is 29.8 Å². The van der Waals surface area contributed by atoms with E-state index < -0.39 is 0 Å². The van der Waals surface area contributed by atoms with Gasteiger partial charge in [-0.15, -0.1) is 0 Å². The van der Waals surface area contributed by atoms with Gasteiger partial charge >= 0.3 is 5.97 Å². The molecular weight excluding hydrogens is 180 g/mol. The van der Waals surface area contributed by atoms with Gasteiger partial charge in [0.15, 0.2) is 0 Å². The molecule has 1 fully saturated rings. The van der Waals surface area contributed by atoms with Crippen LogP contribution < -0.4 is 4.74 Å². The number of hydrogen-bond acceptors (Lipinski definition) is 3. The second-order valence-electron chi connectivity index (χ2n) is 3.29. The maximum atomic E-state index is 10.9. The molecule has 3 nitrogen and oxygen atoms in total. The molecule has 1 aromatic rings. The third kappa shape index (κ3) is 1.71. The number of esters is 1. The van der Waals surface area contributed by atoms with Crippen molar-refractivity contribution in [1.29, 1.82) is 0 Å². The summed E-state index contributed by atoms with van der Waals surface area (Å²) >= 11 is 0. The molecule has 0 aromatic heterocycles. The lowest BCUT2D eigenvalue weighted by molar-refractivity contribution is -0.141.